The molecule has 1 amide bonds. The van der Waals surface area contributed by atoms with Gasteiger partial charge < -0.3 is 10.4 Å². The van der Waals surface area contributed by atoms with E-state index >= 15 is 0 Å². The summed E-state index contributed by atoms with van der Waals surface area (Å²) < 4.78 is 25.8. The summed E-state index contributed by atoms with van der Waals surface area (Å²) in [7, 11) is 0. The van der Waals surface area contributed by atoms with Crippen LogP contribution in [0.15, 0.2) is 24.3 Å². The fourth-order valence-electron chi connectivity index (χ4n) is 3.56. The number of amides is 1. The predicted molar refractivity (Wildman–Crippen MR) is 84.2 cm³/mol. The maximum Gasteiger partial charge on any atom is 0.306 e. The molecule has 3 rings (SSSR count). The number of aliphatic carboxylic acids is 1. The number of carboxylic acids is 1. The molecule has 24 heavy (non-hydrogen) atoms. The molecule has 0 bridgehead atoms. The summed E-state index contributed by atoms with van der Waals surface area (Å²) in [6.07, 6.45) is 2.25. The van der Waals surface area contributed by atoms with Crippen LogP contribution >= 0.6 is 0 Å². The Morgan fingerprint density at radius 2 is 1.62 bits per heavy atom. The molecule has 2 fully saturated rings. The Morgan fingerprint density at radius 3 is 2.12 bits per heavy atom. The first-order chi connectivity index (χ1) is 11.3. The minimum atomic E-state index is -2.55. The van der Waals surface area contributed by atoms with Crippen molar-refractivity contribution in [2.75, 3.05) is 0 Å². The van der Waals surface area contributed by atoms with Crippen LogP contribution in [-0.2, 0) is 4.79 Å². The van der Waals surface area contributed by atoms with E-state index in [-0.39, 0.29) is 36.6 Å². The molecule has 0 aromatic heterocycles. The Balaban J connectivity index is 1.52. The molecule has 0 saturated heterocycles. The van der Waals surface area contributed by atoms with Gasteiger partial charge in [0.2, 0.25) is 5.92 Å². The summed E-state index contributed by atoms with van der Waals surface area (Å²) in [6.45, 7) is 0. The maximum atomic E-state index is 12.9. The second-order valence-corrected chi connectivity index (χ2v) is 6.94. The minimum absolute atomic E-state index is 0.00176. The van der Waals surface area contributed by atoms with Gasteiger partial charge in [-0.15, -0.1) is 0 Å². The van der Waals surface area contributed by atoms with E-state index in [9.17, 15) is 18.4 Å². The molecule has 4 nitrogen and oxygen atoms in total. The lowest BCUT2D eigenvalue weighted by atomic mass is 9.76. The molecule has 0 unspecified atom stereocenters. The minimum Gasteiger partial charge on any atom is -0.481 e. The average molecular weight is 337 g/mol. The van der Waals surface area contributed by atoms with E-state index in [0.29, 0.717) is 31.2 Å². The number of hydrogen-bond acceptors (Lipinski definition) is 2. The number of carbonyl (C=O) groups is 2. The van der Waals surface area contributed by atoms with Gasteiger partial charge in [-0.1, -0.05) is 12.1 Å². The number of nitrogens with one attached hydrogen (secondary N) is 1. The molecular formula is C18H21F2NO3. The van der Waals surface area contributed by atoms with Crippen molar-refractivity contribution in [2.24, 2.45) is 5.92 Å². The Labute approximate surface area is 139 Å². The van der Waals surface area contributed by atoms with Crippen molar-refractivity contribution in [1.29, 1.82) is 0 Å². The number of halogens is 2. The van der Waals surface area contributed by atoms with Crippen molar-refractivity contribution in [1.82, 2.24) is 5.32 Å². The smallest absolute Gasteiger partial charge is 0.306 e. The second kappa shape index (κ2) is 6.49. The molecule has 1 aromatic rings. The van der Waals surface area contributed by atoms with Crippen LogP contribution in [0.4, 0.5) is 8.78 Å². The number of alkyl halides is 2. The second-order valence-electron chi connectivity index (χ2n) is 6.94. The lowest BCUT2D eigenvalue weighted by molar-refractivity contribution is -0.142. The third-order valence-corrected chi connectivity index (χ3v) is 5.15. The Bertz CT molecular complexity index is 614. The van der Waals surface area contributed by atoms with Crippen molar-refractivity contribution in [3.63, 3.8) is 0 Å². The summed E-state index contributed by atoms with van der Waals surface area (Å²) in [6, 6.07) is 6.83. The van der Waals surface area contributed by atoms with E-state index in [0.717, 1.165) is 5.56 Å². The molecule has 0 atom stereocenters. The van der Waals surface area contributed by atoms with Gasteiger partial charge in [0.15, 0.2) is 0 Å². The van der Waals surface area contributed by atoms with E-state index in [1.165, 1.54) is 0 Å². The highest BCUT2D eigenvalue weighted by atomic mass is 19.3. The van der Waals surface area contributed by atoms with Gasteiger partial charge in [-0.2, -0.15) is 0 Å². The molecule has 0 aliphatic heterocycles. The highest BCUT2D eigenvalue weighted by Gasteiger charge is 2.45. The predicted octanol–water partition coefficient (Wildman–Crippen LogP) is 3.57. The maximum absolute atomic E-state index is 12.9. The third-order valence-electron chi connectivity index (χ3n) is 5.15. The van der Waals surface area contributed by atoms with Crippen molar-refractivity contribution in [2.45, 2.75) is 56.4 Å². The summed E-state index contributed by atoms with van der Waals surface area (Å²) in [5.41, 5.74) is 1.35. The quantitative estimate of drug-likeness (QED) is 0.883. The van der Waals surface area contributed by atoms with Crippen LogP contribution < -0.4 is 5.32 Å². The van der Waals surface area contributed by atoms with Gasteiger partial charge in [0.05, 0.1) is 5.92 Å². The first-order valence-corrected chi connectivity index (χ1v) is 8.35. The Hall–Kier alpha value is -1.98. The number of carbonyl (C=O) groups excluding carboxylic acids is 1. The topological polar surface area (TPSA) is 66.4 Å². The number of rotatable bonds is 4. The summed E-state index contributed by atoms with van der Waals surface area (Å²) in [5, 5.41) is 11.9. The lowest BCUT2D eigenvalue weighted by Crippen LogP contribution is -2.38. The average Bonchev–Trinajstić information content (AvgIpc) is 2.53. The number of hydrogen-bond donors (Lipinski definition) is 2. The van der Waals surface area contributed by atoms with Gasteiger partial charge >= 0.3 is 5.97 Å². The van der Waals surface area contributed by atoms with Crippen molar-refractivity contribution in [3.05, 3.63) is 35.4 Å². The van der Waals surface area contributed by atoms with Crippen LogP contribution in [-0.4, -0.2) is 28.9 Å². The fraction of sp³-hybridized carbons (Fsp3) is 0.556. The highest BCUT2D eigenvalue weighted by Crippen LogP contribution is 2.48. The SMILES string of the molecule is O=C(NC1CCC(C(=O)O)CC1)c1ccc(C2CC(F)(F)C2)cc1. The summed E-state index contributed by atoms with van der Waals surface area (Å²) >= 11 is 0. The van der Waals surface area contributed by atoms with Gasteiger partial charge in [-0.3, -0.25) is 9.59 Å². The van der Waals surface area contributed by atoms with Gasteiger partial charge in [-0.25, -0.2) is 8.78 Å². The fourth-order valence-corrected chi connectivity index (χ4v) is 3.56. The van der Waals surface area contributed by atoms with Crippen LogP contribution in [0.2, 0.25) is 0 Å². The molecular weight excluding hydrogens is 316 g/mol. The number of benzene rings is 1. The number of carboxylic acid groups (broad SMARTS) is 1. The zero-order valence-electron chi connectivity index (χ0n) is 13.3. The largest absolute Gasteiger partial charge is 0.481 e. The van der Waals surface area contributed by atoms with Crippen molar-refractivity contribution < 1.29 is 23.5 Å². The van der Waals surface area contributed by atoms with Gasteiger partial charge in [0.1, 0.15) is 0 Å². The van der Waals surface area contributed by atoms with Gasteiger partial charge in [0, 0.05) is 24.4 Å². The Morgan fingerprint density at radius 1 is 1.04 bits per heavy atom. The molecule has 0 heterocycles. The molecule has 0 spiro atoms. The molecule has 1 aromatic carbocycles. The summed E-state index contributed by atoms with van der Waals surface area (Å²) in [5.74, 6) is -3.94. The molecule has 2 saturated carbocycles. The van der Waals surface area contributed by atoms with Crippen LogP contribution in [0.5, 0.6) is 0 Å². The third kappa shape index (κ3) is 3.74. The molecule has 130 valence electrons. The van der Waals surface area contributed by atoms with E-state index in [4.69, 9.17) is 5.11 Å². The first-order valence-electron chi connectivity index (χ1n) is 8.35. The van der Waals surface area contributed by atoms with Gasteiger partial charge in [0.25, 0.3) is 5.91 Å². The van der Waals surface area contributed by atoms with Crippen LogP contribution in [0.1, 0.15) is 60.4 Å². The van der Waals surface area contributed by atoms with E-state index in [1.54, 1.807) is 24.3 Å². The lowest BCUT2D eigenvalue weighted by Gasteiger charge is -2.35. The monoisotopic (exact) mass is 337 g/mol. The molecule has 6 heteroatoms. The van der Waals surface area contributed by atoms with Crippen molar-refractivity contribution >= 4 is 11.9 Å². The summed E-state index contributed by atoms with van der Waals surface area (Å²) in [4.78, 5) is 23.2. The van der Waals surface area contributed by atoms with E-state index in [1.807, 2.05) is 0 Å². The molecule has 2 aliphatic rings. The van der Waals surface area contributed by atoms with Crippen molar-refractivity contribution in [3.8, 4) is 0 Å². The molecule has 2 N–H and O–H groups in total. The van der Waals surface area contributed by atoms with Crippen LogP contribution in [0.25, 0.3) is 0 Å². The zero-order valence-corrected chi connectivity index (χ0v) is 13.3. The van der Waals surface area contributed by atoms with E-state index in [2.05, 4.69) is 5.32 Å². The van der Waals surface area contributed by atoms with E-state index < -0.39 is 11.9 Å². The highest BCUT2D eigenvalue weighted by molar-refractivity contribution is 5.94. The molecule has 2 aliphatic carbocycles. The zero-order chi connectivity index (χ0) is 17.3. The standard InChI is InChI=1S/C18H21F2NO3/c19-18(20)9-14(10-18)11-1-3-12(4-2-11)16(22)21-15-7-5-13(6-8-15)17(23)24/h1-4,13-15H,5-10H2,(H,21,22)(H,23,24). The van der Waals surface area contributed by atoms with Crippen LogP contribution in [0, 0.1) is 5.92 Å². The Kier molecular flexibility index (Phi) is 4.56. The van der Waals surface area contributed by atoms with Crippen LogP contribution in [0.3, 0.4) is 0 Å². The molecule has 0 radical (unpaired) electrons. The first kappa shape index (κ1) is 16.9. The van der Waals surface area contributed by atoms with Gasteiger partial charge in [-0.05, 0) is 49.3 Å². The normalized spacial score (nSPS) is 26.4.